The van der Waals surface area contributed by atoms with E-state index in [1.54, 1.807) is 26.3 Å². The van der Waals surface area contributed by atoms with Crippen LogP contribution in [-0.4, -0.2) is 26.1 Å². The zero-order valence-corrected chi connectivity index (χ0v) is 10.2. The number of ether oxygens (including phenoxy) is 1. The maximum atomic E-state index is 12.0. The van der Waals surface area contributed by atoms with Gasteiger partial charge < -0.3 is 15.4 Å². The van der Waals surface area contributed by atoms with Crippen molar-refractivity contribution in [3.63, 3.8) is 0 Å². The van der Waals surface area contributed by atoms with E-state index >= 15 is 0 Å². The minimum atomic E-state index is -0.567. The molecule has 4 nitrogen and oxygen atoms in total. The van der Waals surface area contributed by atoms with Gasteiger partial charge in [-0.2, -0.15) is 0 Å². The third-order valence-corrected chi connectivity index (χ3v) is 2.51. The average molecular weight is 234 g/mol. The smallest absolute Gasteiger partial charge is 0.244 e. The number of methoxy groups -OCH3 is 1. The predicted molar refractivity (Wildman–Crippen MR) is 69.2 cm³/mol. The number of carbonyl (C=O) groups excluding carboxylic acids is 1. The van der Waals surface area contributed by atoms with Crippen LogP contribution in [0.2, 0.25) is 0 Å². The number of hydrogen-bond acceptors (Lipinski definition) is 3. The standard InChI is InChI=1S/C13H18N2O2/c1-4-7-10(14)13(16)15(2)11-8-5-6-9-12(11)17-3/h4-6,8-10H,1,7,14H2,2-3H3. The fraction of sp³-hybridized carbons (Fsp3) is 0.308. The Morgan fingerprint density at radius 3 is 2.82 bits per heavy atom. The monoisotopic (exact) mass is 234 g/mol. The maximum absolute atomic E-state index is 12.0. The van der Waals surface area contributed by atoms with E-state index in [0.717, 1.165) is 0 Å². The molecular formula is C13H18N2O2. The van der Waals surface area contributed by atoms with Crippen LogP contribution in [0.4, 0.5) is 5.69 Å². The lowest BCUT2D eigenvalue weighted by Crippen LogP contribution is -2.41. The van der Waals surface area contributed by atoms with Gasteiger partial charge in [0.15, 0.2) is 0 Å². The highest BCUT2D eigenvalue weighted by molar-refractivity contribution is 5.97. The summed E-state index contributed by atoms with van der Waals surface area (Å²) in [6.45, 7) is 3.57. The lowest BCUT2D eigenvalue weighted by Gasteiger charge is -2.22. The molecule has 1 rings (SSSR count). The van der Waals surface area contributed by atoms with E-state index in [-0.39, 0.29) is 5.91 Å². The van der Waals surface area contributed by atoms with Gasteiger partial charge in [0.2, 0.25) is 5.91 Å². The minimum Gasteiger partial charge on any atom is -0.495 e. The fourth-order valence-corrected chi connectivity index (χ4v) is 1.55. The maximum Gasteiger partial charge on any atom is 0.244 e. The number of benzene rings is 1. The Hall–Kier alpha value is -1.81. The van der Waals surface area contributed by atoms with Crippen molar-refractivity contribution in [2.75, 3.05) is 19.1 Å². The molecule has 92 valence electrons. The van der Waals surface area contributed by atoms with Crippen molar-refractivity contribution >= 4 is 11.6 Å². The van der Waals surface area contributed by atoms with Gasteiger partial charge in [0.1, 0.15) is 5.75 Å². The Morgan fingerprint density at radius 1 is 1.59 bits per heavy atom. The minimum absolute atomic E-state index is 0.158. The highest BCUT2D eigenvalue weighted by atomic mass is 16.5. The Kier molecular flexibility index (Phi) is 4.72. The Morgan fingerprint density at radius 2 is 2.24 bits per heavy atom. The third-order valence-electron chi connectivity index (χ3n) is 2.51. The summed E-state index contributed by atoms with van der Waals surface area (Å²) in [4.78, 5) is 13.5. The number of likely N-dealkylation sites (N-methyl/N-ethyl adjacent to an activating group) is 1. The summed E-state index contributed by atoms with van der Waals surface area (Å²) in [7, 11) is 3.25. The van der Waals surface area contributed by atoms with Gasteiger partial charge in [0, 0.05) is 7.05 Å². The van der Waals surface area contributed by atoms with Crippen LogP contribution in [-0.2, 0) is 4.79 Å². The van der Waals surface area contributed by atoms with Crippen molar-refractivity contribution in [1.29, 1.82) is 0 Å². The lowest BCUT2D eigenvalue weighted by molar-refractivity contribution is -0.119. The first-order valence-corrected chi connectivity index (χ1v) is 5.39. The molecule has 0 heterocycles. The molecule has 4 heteroatoms. The summed E-state index contributed by atoms with van der Waals surface area (Å²) in [5, 5.41) is 0. The molecule has 1 unspecified atom stereocenters. The van der Waals surface area contributed by atoms with Crippen LogP contribution >= 0.6 is 0 Å². The molecular weight excluding hydrogens is 216 g/mol. The van der Waals surface area contributed by atoms with E-state index < -0.39 is 6.04 Å². The molecule has 1 aromatic carbocycles. The molecule has 0 aliphatic rings. The van der Waals surface area contributed by atoms with Gasteiger partial charge >= 0.3 is 0 Å². The van der Waals surface area contributed by atoms with Gasteiger partial charge in [-0.15, -0.1) is 6.58 Å². The van der Waals surface area contributed by atoms with E-state index in [0.29, 0.717) is 17.9 Å². The second kappa shape index (κ2) is 6.06. The first-order chi connectivity index (χ1) is 8.11. The van der Waals surface area contributed by atoms with E-state index in [9.17, 15) is 4.79 Å². The van der Waals surface area contributed by atoms with Crippen molar-refractivity contribution in [1.82, 2.24) is 0 Å². The summed E-state index contributed by atoms with van der Waals surface area (Å²) >= 11 is 0. The SMILES string of the molecule is C=CCC(N)C(=O)N(C)c1ccccc1OC. The number of amides is 1. The summed E-state index contributed by atoms with van der Waals surface area (Å²) in [6.07, 6.45) is 2.09. The van der Waals surface area contributed by atoms with E-state index in [1.165, 1.54) is 4.90 Å². The van der Waals surface area contributed by atoms with E-state index in [4.69, 9.17) is 10.5 Å². The quantitative estimate of drug-likeness (QED) is 0.787. The van der Waals surface area contributed by atoms with Crippen LogP contribution in [0.15, 0.2) is 36.9 Å². The number of nitrogens with zero attached hydrogens (tertiary/aromatic N) is 1. The summed E-state index contributed by atoms with van der Waals surface area (Å²) < 4.78 is 5.20. The number of hydrogen-bond donors (Lipinski definition) is 1. The zero-order valence-electron chi connectivity index (χ0n) is 10.2. The first kappa shape index (κ1) is 13.3. The lowest BCUT2D eigenvalue weighted by atomic mass is 10.2. The van der Waals surface area contributed by atoms with Gasteiger partial charge in [0.05, 0.1) is 18.8 Å². The molecule has 0 aliphatic heterocycles. The second-order valence-corrected chi connectivity index (χ2v) is 3.70. The number of anilines is 1. The molecule has 1 aromatic rings. The summed E-state index contributed by atoms with van der Waals surface area (Å²) in [5.41, 5.74) is 6.46. The molecule has 0 bridgehead atoms. The van der Waals surface area contributed by atoms with Gasteiger partial charge in [-0.3, -0.25) is 4.79 Å². The highest BCUT2D eigenvalue weighted by Crippen LogP contribution is 2.26. The van der Waals surface area contributed by atoms with Crippen LogP contribution in [0.3, 0.4) is 0 Å². The molecule has 0 saturated heterocycles. The number of carbonyl (C=O) groups is 1. The van der Waals surface area contributed by atoms with E-state index in [2.05, 4.69) is 6.58 Å². The van der Waals surface area contributed by atoms with Gasteiger partial charge in [-0.1, -0.05) is 18.2 Å². The Balaban J connectivity index is 2.91. The van der Waals surface area contributed by atoms with Crippen LogP contribution < -0.4 is 15.4 Å². The first-order valence-electron chi connectivity index (χ1n) is 5.39. The van der Waals surface area contributed by atoms with Crippen LogP contribution in [0.5, 0.6) is 5.75 Å². The largest absolute Gasteiger partial charge is 0.495 e. The van der Waals surface area contributed by atoms with Crippen molar-refractivity contribution in [2.45, 2.75) is 12.5 Å². The molecule has 0 fully saturated rings. The van der Waals surface area contributed by atoms with Crippen LogP contribution in [0.25, 0.3) is 0 Å². The summed E-state index contributed by atoms with van der Waals surface area (Å²) in [6, 6.07) is 6.75. The zero-order chi connectivity index (χ0) is 12.8. The van der Waals surface area contributed by atoms with Crippen molar-refractivity contribution in [2.24, 2.45) is 5.73 Å². The average Bonchev–Trinajstić information content (AvgIpc) is 2.37. The number of nitrogens with two attached hydrogens (primary N) is 1. The van der Waals surface area contributed by atoms with E-state index in [1.807, 2.05) is 18.2 Å². The molecule has 1 atom stereocenters. The molecule has 2 N–H and O–H groups in total. The molecule has 0 aromatic heterocycles. The second-order valence-electron chi connectivity index (χ2n) is 3.70. The topological polar surface area (TPSA) is 55.6 Å². The summed E-state index contributed by atoms with van der Waals surface area (Å²) in [5.74, 6) is 0.489. The van der Waals surface area contributed by atoms with Crippen LogP contribution in [0, 0.1) is 0 Å². The molecule has 0 aliphatic carbocycles. The fourth-order valence-electron chi connectivity index (χ4n) is 1.55. The van der Waals surface area contributed by atoms with Crippen molar-refractivity contribution < 1.29 is 9.53 Å². The molecule has 1 amide bonds. The highest BCUT2D eigenvalue weighted by Gasteiger charge is 2.20. The molecule has 0 radical (unpaired) electrons. The molecule has 0 spiro atoms. The van der Waals surface area contributed by atoms with Gasteiger partial charge in [0.25, 0.3) is 0 Å². The van der Waals surface area contributed by atoms with Gasteiger partial charge in [-0.25, -0.2) is 0 Å². The number of para-hydroxylation sites is 2. The normalized spacial score (nSPS) is 11.7. The Labute approximate surface area is 102 Å². The van der Waals surface area contributed by atoms with Crippen molar-refractivity contribution in [3.8, 4) is 5.75 Å². The Bertz CT molecular complexity index is 404. The van der Waals surface area contributed by atoms with Gasteiger partial charge in [-0.05, 0) is 18.6 Å². The molecule has 0 saturated carbocycles. The number of rotatable bonds is 5. The predicted octanol–water partition coefficient (Wildman–Crippen LogP) is 1.56. The molecule has 17 heavy (non-hydrogen) atoms. The van der Waals surface area contributed by atoms with Crippen LogP contribution in [0.1, 0.15) is 6.42 Å². The third kappa shape index (κ3) is 3.07. The van der Waals surface area contributed by atoms with Crippen molar-refractivity contribution in [3.05, 3.63) is 36.9 Å².